The number of nitrogens with one attached hydrogen (secondary N) is 7. The summed E-state index contributed by atoms with van der Waals surface area (Å²) in [6, 6.07) is 1.07. The van der Waals surface area contributed by atoms with Gasteiger partial charge in [0.05, 0.1) is 5.38 Å². The number of rotatable bonds is 4. The molecule has 0 aromatic carbocycles. The molecule has 5 aliphatic rings. The van der Waals surface area contributed by atoms with E-state index < -0.39 is 0 Å². The Balaban J connectivity index is 1.11. The summed E-state index contributed by atoms with van der Waals surface area (Å²) in [6.45, 7) is 6.87. The molecule has 4 heterocycles. The lowest BCUT2D eigenvalue weighted by atomic mass is 9.65. The lowest BCUT2D eigenvalue weighted by Crippen LogP contribution is -2.68. The molecule has 9 unspecified atom stereocenters. The van der Waals surface area contributed by atoms with E-state index in [1.54, 1.807) is 0 Å². The molecule has 0 aromatic heterocycles. The van der Waals surface area contributed by atoms with E-state index in [4.69, 9.17) is 11.6 Å². The number of hydrogen-bond donors (Lipinski definition) is 7. The van der Waals surface area contributed by atoms with Crippen molar-refractivity contribution < 1.29 is 4.79 Å². The summed E-state index contributed by atoms with van der Waals surface area (Å²) in [7, 11) is 0. The lowest BCUT2D eigenvalue weighted by Gasteiger charge is -2.49. The number of nitrogens with zero attached hydrogens (tertiary/aromatic N) is 1. The Labute approximate surface area is 196 Å². The van der Waals surface area contributed by atoms with E-state index in [0.29, 0.717) is 24.5 Å². The summed E-state index contributed by atoms with van der Waals surface area (Å²) in [5.41, 5.74) is 6.56. The van der Waals surface area contributed by atoms with Crippen LogP contribution in [-0.2, 0) is 4.79 Å². The highest BCUT2D eigenvalue weighted by molar-refractivity contribution is 6.21. The molecule has 0 spiro atoms. The summed E-state index contributed by atoms with van der Waals surface area (Å²) in [5, 5.41) is 19.4. The molecule has 4 saturated heterocycles. The van der Waals surface area contributed by atoms with Crippen molar-refractivity contribution in [3.63, 3.8) is 0 Å². The number of carbonyl (C=O) groups is 1. The van der Waals surface area contributed by atoms with Crippen LogP contribution >= 0.6 is 11.6 Å². The minimum absolute atomic E-state index is 0.0210. The SMILES string of the molecule is CC1NC(C(=O)NC2CNC(N3NCCN3)C(Cl)C2)NCC1C1CCCC2NCCCC21. The smallest absolute Gasteiger partial charge is 0.252 e. The standard InChI is InChI=1S/C22H41ClN8O/c1-13-17(15-4-2-6-19-16(15)5-3-7-24-19)12-25-20(29-13)22(32)30-14-10-18(23)21(26-11-14)31-27-8-9-28-31/h13-21,24-29H,2-12H2,1H3,(H,30,32). The van der Waals surface area contributed by atoms with Gasteiger partial charge in [-0.3, -0.25) is 20.7 Å². The van der Waals surface area contributed by atoms with Gasteiger partial charge >= 0.3 is 0 Å². The maximum absolute atomic E-state index is 13.0. The van der Waals surface area contributed by atoms with E-state index >= 15 is 0 Å². The van der Waals surface area contributed by atoms with Crippen LogP contribution in [0.15, 0.2) is 0 Å². The van der Waals surface area contributed by atoms with Crippen LogP contribution in [0.1, 0.15) is 45.4 Å². The first kappa shape index (κ1) is 23.2. The second-order valence-corrected chi connectivity index (χ2v) is 11.0. The fourth-order valence-electron chi connectivity index (χ4n) is 6.82. The molecule has 0 bridgehead atoms. The number of piperidine rings is 2. The number of amides is 1. The van der Waals surface area contributed by atoms with Crippen LogP contribution in [0.3, 0.4) is 0 Å². The van der Waals surface area contributed by atoms with Crippen LogP contribution in [0.5, 0.6) is 0 Å². The van der Waals surface area contributed by atoms with Crippen LogP contribution < -0.4 is 37.4 Å². The molecule has 9 atom stereocenters. The first-order chi connectivity index (χ1) is 15.6. The van der Waals surface area contributed by atoms with Gasteiger partial charge in [0.15, 0.2) is 0 Å². The van der Waals surface area contributed by atoms with Crippen molar-refractivity contribution in [2.45, 2.75) is 81.3 Å². The van der Waals surface area contributed by atoms with Gasteiger partial charge in [-0.25, -0.2) is 10.9 Å². The zero-order valence-electron chi connectivity index (χ0n) is 19.2. The first-order valence-electron chi connectivity index (χ1n) is 12.8. The highest BCUT2D eigenvalue weighted by Gasteiger charge is 2.43. The van der Waals surface area contributed by atoms with Gasteiger partial charge in [-0.15, -0.1) is 11.6 Å². The molecule has 7 N–H and O–H groups in total. The second-order valence-electron chi connectivity index (χ2n) is 10.4. The molecule has 1 amide bonds. The molecular formula is C22H41ClN8O. The average Bonchev–Trinajstić information content (AvgIpc) is 3.33. The third-order valence-electron chi connectivity index (χ3n) is 8.42. The molecule has 5 rings (SSSR count). The Kier molecular flexibility index (Phi) is 7.55. The second kappa shape index (κ2) is 10.4. The molecule has 9 nitrogen and oxygen atoms in total. The molecule has 0 aromatic rings. The summed E-state index contributed by atoms with van der Waals surface area (Å²) >= 11 is 6.64. The van der Waals surface area contributed by atoms with Crippen LogP contribution in [0, 0.1) is 17.8 Å². The Hall–Kier alpha value is -0.520. The third-order valence-corrected chi connectivity index (χ3v) is 8.84. The molecular weight excluding hydrogens is 428 g/mol. The Morgan fingerprint density at radius 1 is 0.938 bits per heavy atom. The summed E-state index contributed by atoms with van der Waals surface area (Å²) in [6.07, 6.45) is 7.06. The molecule has 1 aliphatic carbocycles. The van der Waals surface area contributed by atoms with Crippen molar-refractivity contribution in [3.8, 4) is 0 Å². The zero-order valence-corrected chi connectivity index (χ0v) is 20.0. The highest BCUT2D eigenvalue weighted by atomic mass is 35.5. The highest BCUT2D eigenvalue weighted by Crippen LogP contribution is 2.41. The van der Waals surface area contributed by atoms with Gasteiger partial charge in [0.1, 0.15) is 12.3 Å². The van der Waals surface area contributed by atoms with Gasteiger partial charge in [-0.2, -0.15) is 5.12 Å². The fourth-order valence-corrected chi connectivity index (χ4v) is 7.24. The molecule has 10 heteroatoms. The number of hydrazine groups is 2. The van der Waals surface area contributed by atoms with Crippen molar-refractivity contribution in [1.29, 1.82) is 0 Å². The predicted octanol–water partition coefficient (Wildman–Crippen LogP) is -0.585. The number of carbonyl (C=O) groups excluding carboxylic acids is 1. The van der Waals surface area contributed by atoms with Gasteiger partial charge in [0.25, 0.3) is 5.91 Å². The topological polar surface area (TPSA) is 105 Å². The molecule has 32 heavy (non-hydrogen) atoms. The summed E-state index contributed by atoms with van der Waals surface area (Å²) < 4.78 is 0. The van der Waals surface area contributed by atoms with Gasteiger partial charge in [0.2, 0.25) is 0 Å². The van der Waals surface area contributed by atoms with E-state index in [0.717, 1.165) is 37.9 Å². The van der Waals surface area contributed by atoms with Gasteiger partial charge in [-0.05, 0) is 63.3 Å². The van der Waals surface area contributed by atoms with E-state index in [2.05, 4.69) is 44.4 Å². The largest absolute Gasteiger partial charge is 0.350 e. The van der Waals surface area contributed by atoms with Crippen LogP contribution in [0.2, 0.25) is 0 Å². The maximum Gasteiger partial charge on any atom is 0.252 e. The number of fused-ring (bicyclic) bond motifs is 1. The normalized spacial score (nSPS) is 45.9. The molecule has 182 valence electrons. The Bertz CT molecular complexity index is 647. The van der Waals surface area contributed by atoms with Crippen LogP contribution in [0.4, 0.5) is 0 Å². The van der Waals surface area contributed by atoms with E-state index in [1.165, 1.54) is 38.6 Å². The van der Waals surface area contributed by atoms with E-state index in [1.807, 2.05) is 5.12 Å². The van der Waals surface area contributed by atoms with Crippen molar-refractivity contribution in [1.82, 2.24) is 42.6 Å². The molecule has 5 fully saturated rings. The fraction of sp³-hybridized carbons (Fsp3) is 0.955. The Morgan fingerprint density at radius 2 is 1.75 bits per heavy atom. The summed E-state index contributed by atoms with van der Waals surface area (Å²) in [5.74, 6) is 2.14. The summed E-state index contributed by atoms with van der Waals surface area (Å²) in [4.78, 5) is 13.0. The van der Waals surface area contributed by atoms with Crippen molar-refractivity contribution in [2.24, 2.45) is 17.8 Å². The monoisotopic (exact) mass is 468 g/mol. The van der Waals surface area contributed by atoms with Gasteiger partial charge in [0, 0.05) is 44.3 Å². The van der Waals surface area contributed by atoms with E-state index in [9.17, 15) is 4.79 Å². The predicted molar refractivity (Wildman–Crippen MR) is 126 cm³/mol. The Morgan fingerprint density at radius 3 is 2.53 bits per heavy atom. The molecule has 1 saturated carbocycles. The first-order valence-corrected chi connectivity index (χ1v) is 13.2. The molecule has 4 aliphatic heterocycles. The van der Waals surface area contributed by atoms with Crippen molar-refractivity contribution in [3.05, 3.63) is 0 Å². The lowest BCUT2D eigenvalue weighted by molar-refractivity contribution is -0.126. The van der Waals surface area contributed by atoms with Gasteiger partial charge < -0.3 is 10.6 Å². The minimum atomic E-state index is -0.335. The average molecular weight is 469 g/mol. The van der Waals surface area contributed by atoms with Gasteiger partial charge in [-0.1, -0.05) is 6.42 Å². The quantitative estimate of drug-likeness (QED) is 0.275. The van der Waals surface area contributed by atoms with E-state index in [-0.39, 0.29) is 29.7 Å². The van der Waals surface area contributed by atoms with Crippen LogP contribution in [0.25, 0.3) is 0 Å². The maximum atomic E-state index is 13.0. The number of alkyl halides is 1. The zero-order chi connectivity index (χ0) is 22.1. The van der Waals surface area contributed by atoms with Crippen molar-refractivity contribution in [2.75, 3.05) is 32.7 Å². The molecule has 0 radical (unpaired) electrons. The minimum Gasteiger partial charge on any atom is -0.350 e. The number of halogens is 1. The number of hydrogen-bond acceptors (Lipinski definition) is 8. The van der Waals surface area contributed by atoms with Crippen molar-refractivity contribution >= 4 is 17.5 Å². The van der Waals surface area contributed by atoms with Crippen LogP contribution in [-0.4, -0.2) is 79.6 Å². The third kappa shape index (κ3) is 4.95.